The molecule has 1 atom stereocenters. The van der Waals surface area contributed by atoms with Crippen molar-refractivity contribution in [3.8, 4) is 11.1 Å². The predicted octanol–water partition coefficient (Wildman–Crippen LogP) is 3.64. The van der Waals surface area contributed by atoms with E-state index in [0.29, 0.717) is 11.3 Å². The minimum Gasteiger partial charge on any atom is -0.480 e. The van der Waals surface area contributed by atoms with E-state index in [0.717, 1.165) is 22.3 Å². The second kappa shape index (κ2) is 7.83. The zero-order valence-electron chi connectivity index (χ0n) is 16.3. The van der Waals surface area contributed by atoms with Gasteiger partial charge < -0.3 is 15.7 Å². The first kappa shape index (κ1) is 19.4. The first-order valence-corrected chi connectivity index (χ1v) is 9.55. The summed E-state index contributed by atoms with van der Waals surface area (Å²) in [4.78, 5) is 36.1. The van der Waals surface area contributed by atoms with Gasteiger partial charge >= 0.3 is 5.97 Å². The van der Waals surface area contributed by atoms with Crippen LogP contribution in [0.5, 0.6) is 0 Å². The van der Waals surface area contributed by atoms with Crippen LogP contribution in [-0.4, -0.2) is 28.9 Å². The van der Waals surface area contributed by atoms with Crippen molar-refractivity contribution in [2.24, 2.45) is 0 Å². The summed E-state index contributed by atoms with van der Waals surface area (Å²) < 4.78 is 0. The lowest BCUT2D eigenvalue weighted by molar-refractivity contribution is -0.139. The summed E-state index contributed by atoms with van der Waals surface area (Å²) in [6.07, 6.45) is 0. The van der Waals surface area contributed by atoms with E-state index in [-0.39, 0.29) is 5.91 Å². The van der Waals surface area contributed by atoms with Gasteiger partial charge in [-0.3, -0.25) is 9.59 Å². The van der Waals surface area contributed by atoms with Crippen molar-refractivity contribution in [3.63, 3.8) is 0 Å². The highest BCUT2D eigenvalue weighted by atomic mass is 16.4. The highest BCUT2D eigenvalue weighted by molar-refractivity contribution is 5.98. The molecule has 0 saturated heterocycles. The lowest BCUT2D eigenvalue weighted by Gasteiger charge is -2.23. The Kier molecular flexibility index (Phi) is 5.06. The van der Waals surface area contributed by atoms with Gasteiger partial charge in [0.15, 0.2) is 0 Å². The highest BCUT2D eigenvalue weighted by Crippen LogP contribution is 2.46. The van der Waals surface area contributed by atoms with Crippen LogP contribution in [0.4, 0.5) is 5.69 Å². The summed E-state index contributed by atoms with van der Waals surface area (Å²) in [5, 5.41) is 15.3. The molecule has 0 bridgehead atoms. The Morgan fingerprint density at radius 1 is 0.833 bits per heavy atom. The molecular weight excluding hydrogens is 380 g/mol. The summed E-state index contributed by atoms with van der Waals surface area (Å²) in [6.45, 7) is 1.40. The third kappa shape index (κ3) is 3.55. The molecule has 0 unspecified atom stereocenters. The Bertz CT molecular complexity index is 1090. The second-order valence-corrected chi connectivity index (χ2v) is 7.20. The molecule has 0 saturated carbocycles. The Labute approximate surface area is 173 Å². The lowest BCUT2D eigenvalue weighted by atomic mass is 9.89. The van der Waals surface area contributed by atoms with Crippen LogP contribution in [0.3, 0.4) is 0 Å². The number of benzene rings is 3. The number of rotatable bonds is 5. The summed E-state index contributed by atoms with van der Waals surface area (Å²) >= 11 is 0. The topological polar surface area (TPSA) is 95.5 Å². The molecule has 6 heteroatoms. The van der Waals surface area contributed by atoms with Crippen molar-refractivity contribution < 1.29 is 19.5 Å². The lowest BCUT2D eigenvalue weighted by Crippen LogP contribution is -2.44. The Hall–Kier alpha value is -3.93. The number of hydrogen-bond acceptors (Lipinski definition) is 3. The smallest absolute Gasteiger partial charge is 0.327 e. The van der Waals surface area contributed by atoms with Gasteiger partial charge in [-0.25, -0.2) is 4.79 Å². The van der Waals surface area contributed by atoms with Gasteiger partial charge in [0.1, 0.15) is 6.04 Å². The molecule has 6 nitrogen and oxygen atoms in total. The molecule has 0 heterocycles. The van der Waals surface area contributed by atoms with Crippen molar-refractivity contribution in [3.05, 3.63) is 89.5 Å². The van der Waals surface area contributed by atoms with Gasteiger partial charge in [0, 0.05) is 24.1 Å². The van der Waals surface area contributed by atoms with Crippen molar-refractivity contribution in [2.75, 3.05) is 5.32 Å². The van der Waals surface area contributed by atoms with E-state index in [1.54, 1.807) is 24.3 Å². The van der Waals surface area contributed by atoms with E-state index >= 15 is 0 Å². The number of carboxylic acids is 1. The average molecular weight is 400 g/mol. The fraction of sp³-hybridized carbons (Fsp3) is 0.125. The number of carboxylic acid groups (broad SMARTS) is 1. The van der Waals surface area contributed by atoms with E-state index in [1.807, 2.05) is 48.5 Å². The van der Waals surface area contributed by atoms with E-state index in [1.165, 1.54) is 6.92 Å². The molecule has 0 aromatic heterocycles. The molecule has 1 aliphatic rings. The fourth-order valence-corrected chi connectivity index (χ4v) is 3.97. The van der Waals surface area contributed by atoms with Crippen LogP contribution in [0.1, 0.15) is 34.3 Å². The molecule has 150 valence electrons. The molecule has 4 rings (SSSR count). The standard InChI is InChI=1S/C24H20N2O4/c1-14(27)25-16-12-10-15(11-13-16)23(28)26-22(24(29)30)21-19-8-4-2-6-17(19)18-7-3-5-9-20(18)21/h2-13,21-22H,1H3,(H,25,27)(H,26,28)(H,29,30)/t22-/m1/s1. The quantitative estimate of drug-likeness (QED) is 0.609. The molecule has 0 aliphatic heterocycles. The normalized spacial score (nSPS) is 13.1. The predicted molar refractivity (Wildman–Crippen MR) is 113 cm³/mol. The number of carbonyl (C=O) groups is 3. The molecule has 2 amide bonds. The maximum atomic E-state index is 12.8. The number of amides is 2. The number of nitrogens with one attached hydrogen (secondary N) is 2. The van der Waals surface area contributed by atoms with E-state index in [9.17, 15) is 19.5 Å². The van der Waals surface area contributed by atoms with Gasteiger partial charge in [-0.1, -0.05) is 48.5 Å². The monoisotopic (exact) mass is 400 g/mol. The number of anilines is 1. The fourth-order valence-electron chi connectivity index (χ4n) is 3.97. The SMILES string of the molecule is CC(=O)Nc1ccc(C(=O)N[C@@H](C(=O)O)C2c3ccccc3-c3ccccc32)cc1. The van der Waals surface area contributed by atoms with Gasteiger partial charge in [-0.15, -0.1) is 0 Å². The van der Waals surface area contributed by atoms with Crippen LogP contribution >= 0.6 is 0 Å². The number of aliphatic carboxylic acids is 1. The zero-order chi connectivity index (χ0) is 21.3. The molecule has 3 aromatic rings. The van der Waals surface area contributed by atoms with Crippen LogP contribution < -0.4 is 10.6 Å². The van der Waals surface area contributed by atoms with Crippen LogP contribution in [0, 0.1) is 0 Å². The van der Waals surface area contributed by atoms with E-state index in [4.69, 9.17) is 0 Å². The van der Waals surface area contributed by atoms with Gasteiger partial charge in [-0.05, 0) is 46.5 Å². The number of fused-ring (bicyclic) bond motifs is 3. The van der Waals surface area contributed by atoms with Gasteiger partial charge in [0.05, 0.1) is 0 Å². The van der Waals surface area contributed by atoms with Crippen LogP contribution in [0.25, 0.3) is 11.1 Å². The number of carbonyl (C=O) groups excluding carboxylic acids is 2. The Balaban J connectivity index is 1.64. The number of hydrogen-bond donors (Lipinski definition) is 3. The summed E-state index contributed by atoms with van der Waals surface area (Å²) in [5.74, 6) is -2.29. The van der Waals surface area contributed by atoms with Crippen LogP contribution in [0.15, 0.2) is 72.8 Å². The maximum absolute atomic E-state index is 12.8. The van der Waals surface area contributed by atoms with Gasteiger partial charge in [-0.2, -0.15) is 0 Å². The van der Waals surface area contributed by atoms with Crippen molar-refractivity contribution in [2.45, 2.75) is 18.9 Å². The summed E-state index contributed by atoms with van der Waals surface area (Å²) in [6, 6.07) is 20.5. The summed E-state index contributed by atoms with van der Waals surface area (Å²) in [5.41, 5.74) is 4.61. The minimum absolute atomic E-state index is 0.211. The first-order valence-electron chi connectivity index (χ1n) is 9.55. The van der Waals surface area contributed by atoms with Crippen molar-refractivity contribution in [1.29, 1.82) is 0 Å². The molecule has 0 radical (unpaired) electrons. The summed E-state index contributed by atoms with van der Waals surface area (Å²) in [7, 11) is 0. The third-order valence-corrected chi connectivity index (χ3v) is 5.24. The van der Waals surface area contributed by atoms with E-state index < -0.39 is 23.8 Å². The largest absolute Gasteiger partial charge is 0.480 e. The second-order valence-electron chi connectivity index (χ2n) is 7.20. The molecule has 1 aliphatic carbocycles. The Morgan fingerprint density at radius 3 is 1.87 bits per heavy atom. The van der Waals surface area contributed by atoms with E-state index in [2.05, 4.69) is 10.6 Å². The minimum atomic E-state index is -1.13. The molecule has 0 spiro atoms. The maximum Gasteiger partial charge on any atom is 0.327 e. The Morgan fingerprint density at radius 2 is 1.37 bits per heavy atom. The third-order valence-electron chi connectivity index (χ3n) is 5.24. The van der Waals surface area contributed by atoms with Gasteiger partial charge in [0.2, 0.25) is 5.91 Å². The van der Waals surface area contributed by atoms with Gasteiger partial charge in [0.25, 0.3) is 5.91 Å². The molecule has 0 fully saturated rings. The highest BCUT2D eigenvalue weighted by Gasteiger charge is 2.38. The molecule has 30 heavy (non-hydrogen) atoms. The van der Waals surface area contributed by atoms with Crippen LogP contribution in [0.2, 0.25) is 0 Å². The van der Waals surface area contributed by atoms with Crippen LogP contribution in [-0.2, 0) is 9.59 Å². The zero-order valence-corrected chi connectivity index (χ0v) is 16.3. The molecule has 3 N–H and O–H groups in total. The molecule has 3 aromatic carbocycles. The molecular formula is C24H20N2O4. The van der Waals surface area contributed by atoms with Crippen molar-refractivity contribution >= 4 is 23.5 Å². The first-order chi connectivity index (χ1) is 14.5. The van der Waals surface area contributed by atoms with Crippen molar-refractivity contribution in [1.82, 2.24) is 5.32 Å². The average Bonchev–Trinajstić information content (AvgIpc) is 3.06.